The Morgan fingerprint density at radius 1 is 1.26 bits per heavy atom. The summed E-state index contributed by atoms with van der Waals surface area (Å²) in [7, 11) is 0. The highest BCUT2D eigenvalue weighted by Crippen LogP contribution is 2.38. The van der Waals surface area contributed by atoms with Crippen molar-refractivity contribution in [2.75, 3.05) is 0 Å². The molecule has 27 heavy (non-hydrogen) atoms. The number of hydrogen-bond donors (Lipinski definition) is 2. The number of aromatic carboxylic acids is 1. The van der Waals surface area contributed by atoms with Crippen molar-refractivity contribution >= 4 is 17.6 Å². The maximum absolute atomic E-state index is 12.3. The second kappa shape index (κ2) is 7.63. The number of alkyl halides is 3. The van der Waals surface area contributed by atoms with Gasteiger partial charge in [-0.2, -0.15) is 0 Å². The van der Waals surface area contributed by atoms with Gasteiger partial charge in [0.1, 0.15) is 11.9 Å². The van der Waals surface area contributed by atoms with Gasteiger partial charge in [-0.15, -0.1) is 13.2 Å². The summed E-state index contributed by atoms with van der Waals surface area (Å²) in [6.45, 7) is 0. The van der Waals surface area contributed by atoms with Crippen molar-refractivity contribution in [2.24, 2.45) is 0 Å². The minimum Gasteiger partial charge on any atom is -0.476 e. The van der Waals surface area contributed by atoms with E-state index >= 15 is 0 Å². The molecule has 146 valence electrons. The standard InChI is InChI=1S/C16H15ClF3N3O4/c17-11-7-9(3-6-12(11)27-16(18,19)20)8-1-4-10(5-2-8)26-14-13(15(24)25)21-23-22-14/h3,6-8,10H,1-2,4-5H2,(H,24,25)(H,21,22,23)/t8-,10+. The van der Waals surface area contributed by atoms with Gasteiger partial charge in [0.15, 0.2) is 0 Å². The van der Waals surface area contributed by atoms with E-state index in [0.29, 0.717) is 25.7 Å². The smallest absolute Gasteiger partial charge is 0.476 e. The molecule has 1 heterocycles. The molecule has 0 aliphatic heterocycles. The molecule has 1 fully saturated rings. The molecule has 2 N–H and O–H groups in total. The third-order valence-electron chi connectivity index (χ3n) is 4.34. The van der Waals surface area contributed by atoms with Gasteiger partial charge in [0.2, 0.25) is 5.69 Å². The third-order valence-corrected chi connectivity index (χ3v) is 4.63. The zero-order valence-corrected chi connectivity index (χ0v) is 14.5. The van der Waals surface area contributed by atoms with E-state index in [1.807, 2.05) is 0 Å². The molecule has 1 aliphatic rings. The number of nitrogens with zero attached hydrogens (tertiary/aromatic N) is 2. The molecule has 1 saturated carbocycles. The molecule has 0 radical (unpaired) electrons. The Bertz CT molecular complexity index is 819. The van der Waals surface area contributed by atoms with Crippen molar-refractivity contribution in [1.82, 2.24) is 15.4 Å². The van der Waals surface area contributed by atoms with Gasteiger partial charge in [0, 0.05) is 0 Å². The molecule has 0 unspecified atom stereocenters. The number of carboxylic acid groups (broad SMARTS) is 1. The fourth-order valence-electron chi connectivity index (χ4n) is 3.09. The van der Waals surface area contributed by atoms with E-state index in [1.165, 1.54) is 12.1 Å². The predicted molar refractivity (Wildman–Crippen MR) is 87.1 cm³/mol. The summed E-state index contributed by atoms with van der Waals surface area (Å²) in [6.07, 6.45) is -2.32. The van der Waals surface area contributed by atoms with Crippen LogP contribution >= 0.6 is 11.6 Å². The van der Waals surface area contributed by atoms with Gasteiger partial charge in [0.25, 0.3) is 5.88 Å². The average molecular weight is 406 g/mol. The molecule has 0 saturated heterocycles. The summed E-state index contributed by atoms with van der Waals surface area (Å²) >= 11 is 5.90. The van der Waals surface area contributed by atoms with Crippen molar-refractivity contribution in [2.45, 2.75) is 44.1 Å². The number of hydrogen-bond acceptors (Lipinski definition) is 5. The zero-order chi connectivity index (χ0) is 19.6. The molecule has 7 nitrogen and oxygen atoms in total. The van der Waals surface area contributed by atoms with Gasteiger partial charge in [-0.25, -0.2) is 9.89 Å². The van der Waals surface area contributed by atoms with Crippen LogP contribution in [0.25, 0.3) is 0 Å². The first-order valence-electron chi connectivity index (χ1n) is 8.09. The number of rotatable bonds is 5. The summed E-state index contributed by atoms with van der Waals surface area (Å²) in [5.41, 5.74) is 0.616. The molecule has 0 spiro atoms. The summed E-state index contributed by atoms with van der Waals surface area (Å²) in [6, 6.07) is 4.26. The molecule has 0 bridgehead atoms. The van der Waals surface area contributed by atoms with E-state index in [-0.39, 0.29) is 28.6 Å². The summed E-state index contributed by atoms with van der Waals surface area (Å²) in [4.78, 5) is 11.0. The molecule has 2 aromatic rings. The van der Waals surface area contributed by atoms with Crippen LogP contribution in [-0.2, 0) is 0 Å². The first kappa shape index (κ1) is 19.3. The normalized spacial score (nSPS) is 20.3. The van der Waals surface area contributed by atoms with Crippen molar-refractivity contribution in [3.05, 3.63) is 34.5 Å². The van der Waals surface area contributed by atoms with Gasteiger partial charge < -0.3 is 14.6 Å². The van der Waals surface area contributed by atoms with Gasteiger partial charge >= 0.3 is 12.3 Å². The average Bonchev–Trinajstić information content (AvgIpc) is 3.05. The number of halogens is 4. The van der Waals surface area contributed by atoms with Gasteiger partial charge in [0.05, 0.1) is 5.02 Å². The van der Waals surface area contributed by atoms with Gasteiger partial charge in [-0.05, 0) is 49.3 Å². The number of aromatic amines is 1. The van der Waals surface area contributed by atoms with E-state index < -0.39 is 18.1 Å². The number of carbonyl (C=O) groups is 1. The Kier molecular flexibility index (Phi) is 5.45. The van der Waals surface area contributed by atoms with Gasteiger partial charge in [-0.1, -0.05) is 28.0 Å². The van der Waals surface area contributed by atoms with E-state index in [2.05, 4.69) is 20.1 Å². The zero-order valence-electron chi connectivity index (χ0n) is 13.8. The van der Waals surface area contributed by atoms with Crippen LogP contribution in [0.15, 0.2) is 18.2 Å². The first-order chi connectivity index (χ1) is 12.7. The Morgan fingerprint density at radius 2 is 1.96 bits per heavy atom. The van der Waals surface area contributed by atoms with Crippen LogP contribution in [0.2, 0.25) is 5.02 Å². The summed E-state index contributed by atoms with van der Waals surface area (Å²) < 4.78 is 46.4. The summed E-state index contributed by atoms with van der Waals surface area (Å²) in [5, 5.41) is 18.2. The fourth-order valence-corrected chi connectivity index (χ4v) is 3.32. The Labute approximate surface area is 156 Å². The molecule has 1 aromatic heterocycles. The molecule has 3 rings (SSSR count). The topological polar surface area (TPSA) is 97.3 Å². The number of carboxylic acids is 1. The summed E-state index contributed by atoms with van der Waals surface area (Å²) in [5.74, 6) is -1.59. The van der Waals surface area contributed by atoms with E-state index in [0.717, 1.165) is 5.56 Å². The van der Waals surface area contributed by atoms with Crippen LogP contribution in [0.1, 0.15) is 47.7 Å². The highest BCUT2D eigenvalue weighted by atomic mass is 35.5. The van der Waals surface area contributed by atoms with Crippen molar-refractivity contribution in [3.8, 4) is 11.6 Å². The lowest BCUT2D eigenvalue weighted by molar-refractivity contribution is -0.274. The largest absolute Gasteiger partial charge is 0.573 e. The molecular weight excluding hydrogens is 391 g/mol. The van der Waals surface area contributed by atoms with Crippen LogP contribution < -0.4 is 9.47 Å². The molecule has 1 aliphatic carbocycles. The van der Waals surface area contributed by atoms with E-state index in [4.69, 9.17) is 21.4 Å². The lowest BCUT2D eigenvalue weighted by Crippen LogP contribution is -2.24. The Hall–Kier alpha value is -2.49. The Morgan fingerprint density at radius 3 is 2.56 bits per heavy atom. The van der Waals surface area contributed by atoms with Crippen molar-refractivity contribution in [3.63, 3.8) is 0 Å². The number of H-pyrrole nitrogens is 1. The van der Waals surface area contributed by atoms with E-state index in [1.54, 1.807) is 6.07 Å². The maximum atomic E-state index is 12.3. The SMILES string of the molecule is O=C(O)c1[nH]nnc1O[C@H]1CC[C@@H](c2ccc(OC(F)(F)F)c(Cl)c2)CC1. The minimum absolute atomic E-state index is 0.0531. The molecule has 1 aromatic carbocycles. The van der Waals surface area contributed by atoms with Crippen molar-refractivity contribution in [1.29, 1.82) is 0 Å². The fraction of sp³-hybridized carbons (Fsp3) is 0.438. The second-order valence-electron chi connectivity index (χ2n) is 6.13. The number of benzene rings is 1. The van der Waals surface area contributed by atoms with Crippen LogP contribution in [0.5, 0.6) is 11.6 Å². The molecular formula is C16H15ClF3N3O4. The quantitative estimate of drug-likeness (QED) is 0.775. The molecule has 0 atom stereocenters. The van der Waals surface area contributed by atoms with Crippen LogP contribution in [-0.4, -0.2) is 39.0 Å². The maximum Gasteiger partial charge on any atom is 0.573 e. The predicted octanol–water partition coefficient (Wildman–Crippen LogP) is 4.16. The van der Waals surface area contributed by atoms with Crippen molar-refractivity contribution < 1.29 is 32.5 Å². The molecule has 11 heteroatoms. The first-order valence-corrected chi connectivity index (χ1v) is 8.47. The number of ether oxygens (including phenoxy) is 2. The van der Waals surface area contributed by atoms with Crippen LogP contribution in [0, 0.1) is 0 Å². The Balaban J connectivity index is 1.60. The third kappa shape index (κ3) is 4.82. The monoisotopic (exact) mass is 405 g/mol. The number of aromatic nitrogens is 3. The minimum atomic E-state index is -4.80. The second-order valence-corrected chi connectivity index (χ2v) is 6.53. The van der Waals surface area contributed by atoms with E-state index in [9.17, 15) is 18.0 Å². The number of nitrogens with one attached hydrogen (secondary N) is 1. The lowest BCUT2D eigenvalue weighted by Gasteiger charge is -2.28. The van der Waals surface area contributed by atoms with Gasteiger partial charge in [-0.3, -0.25) is 0 Å². The highest BCUT2D eigenvalue weighted by Gasteiger charge is 2.32. The van der Waals surface area contributed by atoms with Crippen LogP contribution in [0.4, 0.5) is 13.2 Å². The highest BCUT2D eigenvalue weighted by molar-refractivity contribution is 6.32. The van der Waals surface area contributed by atoms with Crippen LogP contribution in [0.3, 0.4) is 0 Å². The lowest BCUT2D eigenvalue weighted by atomic mass is 9.83. The molecule has 0 amide bonds.